The van der Waals surface area contributed by atoms with Crippen LogP contribution < -0.4 is 19.3 Å². The number of hydrogen-bond donors (Lipinski definition) is 0. The number of rotatable bonds is 8. The fraction of sp³-hybridized carbons (Fsp3) is 0.424. The fourth-order valence-electron chi connectivity index (χ4n) is 8.03. The molecule has 0 radical (unpaired) electrons. The maximum atomic E-state index is 14.3. The highest BCUT2D eigenvalue weighted by Gasteiger charge is 2.77. The molecule has 1 saturated carbocycles. The molecular formula is C33H34N2O8. The molecule has 2 aromatic rings. The van der Waals surface area contributed by atoms with Crippen LogP contribution in [0.2, 0.25) is 0 Å². The molecule has 2 aromatic carbocycles. The van der Waals surface area contributed by atoms with Crippen molar-refractivity contribution in [2.24, 2.45) is 35.0 Å². The third-order valence-electron chi connectivity index (χ3n) is 9.49. The number of amides is 4. The molecule has 7 rings (SSSR count). The van der Waals surface area contributed by atoms with Crippen LogP contribution in [-0.4, -0.2) is 49.4 Å². The van der Waals surface area contributed by atoms with Gasteiger partial charge in [-0.15, -0.1) is 0 Å². The van der Waals surface area contributed by atoms with E-state index >= 15 is 0 Å². The summed E-state index contributed by atoms with van der Waals surface area (Å²) in [6.07, 6.45) is 0. The molecule has 6 atom stereocenters. The van der Waals surface area contributed by atoms with Crippen LogP contribution in [-0.2, 0) is 28.7 Å². The van der Waals surface area contributed by atoms with Crippen molar-refractivity contribution in [3.05, 3.63) is 59.7 Å². The van der Waals surface area contributed by atoms with Crippen molar-refractivity contribution >= 4 is 41.0 Å². The van der Waals surface area contributed by atoms with Gasteiger partial charge < -0.3 is 14.2 Å². The average Bonchev–Trinajstić information content (AvgIpc) is 3.40. The van der Waals surface area contributed by atoms with Crippen molar-refractivity contribution < 1.29 is 38.2 Å². The van der Waals surface area contributed by atoms with E-state index in [1.54, 1.807) is 69.3 Å². The van der Waals surface area contributed by atoms with Crippen LogP contribution in [0.3, 0.4) is 0 Å². The number of ether oxygens (including phenoxy) is 3. The summed E-state index contributed by atoms with van der Waals surface area (Å²) in [4.78, 5) is 72.7. The molecule has 3 fully saturated rings. The number of carbonyl (C=O) groups excluding carboxylic acids is 5. The maximum Gasteiger partial charge on any atom is 0.334 e. The van der Waals surface area contributed by atoms with Gasteiger partial charge in [0.2, 0.25) is 23.6 Å². The topological polar surface area (TPSA) is 120 Å². The number of hydrogen-bond acceptors (Lipinski definition) is 8. The smallest absolute Gasteiger partial charge is 0.334 e. The Morgan fingerprint density at radius 3 is 1.47 bits per heavy atom. The van der Waals surface area contributed by atoms with E-state index < -0.39 is 64.6 Å². The molecule has 2 bridgehead atoms. The van der Waals surface area contributed by atoms with Crippen molar-refractivity contribution in [3.63, 3.8) is 0 Å². The molecular weight excluding hydrogens is 552 g/mol. The van der Waals surface area contributed by atoms with Crippen molar-refractivity contribution in [2.75, 3.05) is 29.6 Å². The van der Waals surface area contributed by atoms with E-state index in [0.717, 1.165) is 9.80 Å². The number of esters is 1. The van der Waals surface area contributed by atoms with E-state index in [1.165, 1.54) is 0 Å². The van der Waals surface area contributed by atoms with Gasteiger partial charge in [-0.25, -0.2) is 4.79 Å². The molecule has 3 aliphatic carbocycles. The normalized spacial score (nSPS) is 29.3. The maximum absolute atomic E-state index is 14.3. The number of allylic oxidation sites excluding steroid dienone is 1. The molecule has 224 valence electrons. The molecule has 2 heterocycles. The van der Waals surface area contributed by atoms with Gasteiger partial charge in [-0.1, -0.05) is 12.5 Å². The molecule has 0 N–H and O–H groups in total. The Morgan fingerprint density at radius 2 is 1.09 bits per heavy atom. The largest absolute Gasteiger partial charge is 0.494 e. The van der Waals surface area contributed by atoms with E-state index in [-0.39, 0.29) is 12.2 Å². The zero-order valence-electron chi connectivity index (χ0n) is 24.8. The van der Waals surface area contributed by atoms with Gasteiger partial charge in [0.1, 0.15) is 11.5 Å². The standard InChI is InChI=1S/C33H34N2O8/c1-6-41-20-13-9-18(10-14-20)34-28(36)23-22-17(4)25(32(40)43-8-3)33(5,26(23)30(34)38)27-24(22)29(37)35(31(27)39)19-11-15-21(16-12-19)42-7-2/h9-16,22-24,26-27H,6-8H2,1-5H3/t22?,23-,24+,26+,27?,33?/m0/s1. The van der Waals surface area contributed by atoms with Crippen LogP contribution >= 0.6 is 0 Å². The van der Waals surface area contributed by atoms with E-state index in [4.69, 9.17) is 14.2 Å². The third kappa shape index (κ3) is 3.88. The quantitative estimate of drug-likeness (QED) is 0.337. The minimum atomic E-state index is -1.46. The first kappa shape index (κ1) is 28.6. The van der Waals surface area contributed by atoms with Gasteiger partial charge in [0.15, 0.2) is 0 Å². The summed E-state index contributed by atoms with van der Waals surface area (Å²) < 4.78 is 16.5. The minimum absolute atomic E-state index is 0.0922. The van der Waals surface area contributed by atoms with E-state index in [9.17, 15) is 24.0 Å². The van der Waals surface area contributed by atoms with Crippen molar-refractivity contribution in [1.82, 2.24) is 0 Å². The Labute approximate surface area is 249 Å². The van der Waals surface area contributed by atoms with Crippen molar-refractivity contribution in [1.29, 1.82) is 0 Å². The molecule has 2 aliphatic heterocycles. The van der Waals surface area contributed by atoms with Crippen LogP contribution in [0, 0.1) is 35.0 Å². The predicted molar refractivity (Wildman–Crippen MR) is 155 cm³/mol. The second-order valence-corrected chi connectivity index (χ2v) is 11.5. The summed E-state index contributed by atoms with van der Waals surface area (Å²) in [5.74, 6) is -6.07. The molecule has 2 saturated heterocycles. The van der Waals surface area contributed by atoms with Crippen LogP contribution in [0.4, 0.5) is 11.4 Å². The van der Waals surface area contributed by atoms with Gasteiger partial charge in [0, 0.05) is 16.9 Å². The second kappa shape index (κ2) is 10.4. The van der Waals surface area contributed by atoms with Gasteiger partial charge in [-0.2, -0.15) is 0 Å². The Morgan fingerprint density at radius 1 is 0.674 bits per heavy atom. The van der Waals surface area contributed by atoms with Gasteiger partial charge in [-0.3, -0.25) is 29.0 Å². The Hall–Kier alpha value is -4.47. The number of benzene rings is 2. The van der Waals surface area contributed by atoms with Gasteiger partial charge >= 0.3 is 5.97 Å². The molecule has 3 unspecified atom stereocenters. The second-order valence-electron chi connectivity index (χ2n) is 11.5. The van der Waals surface area contributed by atoms with E-state index in [1.807, 2.05) is 13.8 Å². The number of imide groups is 2. The van der Waals surface area contributed by atoms with Crippen LogP contribution in [0.25, 0.3) is 0 Å². The SMILES string of the molecule is CCOC(=O)C1=C(C)C2[C@H]3C(=O)N(c4ccc(OCC)cc4)C(=O)C3C1(C)[C@H]1C(=O)N(c3ccc(OCC)cc3)C(=O)[C@@H]21. The molecule has 0 spiro atoms. The first-order valence-corrected chi connectivity index (χ1v) is 14.7. The molecule has 0 aromatic heterocycles. The fourth-order valence-corrected chi connectivity index (χ4v) is 8.03. The zero-order valence-corrected chi connectivity index (χ0v) is 24.8. The average molecular weight is 587 g/mol. The van der Waals surface area contributed by atoms with Crippen molar-refractivity contribution in [2.45, 2.75) is 34.6 Å². The van der Waals surface area contributed by atoms with Crippen LogP contribution in [0.1, 0.15) is 34.6 Å². The highest BCUT2D eigenvalue weighted by atomic mass is 16.5. The lowest BCUT2D eigenvalue weighted by atomic mass is 9.43. The summed E-state index contributed by atoms with van der Waals surface area (Å²) >= 11 is 0. The predicted octanol–water partition coefficient (Wildman–Crippen LogP) is 3.92. The lowest BCUT2D eigenvalue weighted by molar-refractivity contribution is -0.155. The minimum Gasteiger partial charge on any atom is -0.494 e. The highest BCUT2D eigenvalue weighted by molar-refractivity contribution is 6.27. The summed E-state index contributed by atoms with van der Waals surface area (Å²) in [6.45, 7) is 9.80. The third-order valence-corrected chi connectivity index (χ3v) is 9.49. The van der Waals surface area contributed by atoms with Crippen LogP contribution in [0.5, 0.6) is 11.5 Å². The van der Waals surface area contributed by atoms with E-state index in [2.05, 4.69) is 0 Å². The van der Waals surface area contributed by atoms with Crippen LogP contribution in [0.15, 0.2) is 59.7 Å². The summed E-state index contributed by atoms with van der Waals surface area (Å²) in [7, 11) is 0. The Kier molecular flexibility index (Phi) is 6.90. The highest BCUT2D eigenvalue weighted by Crippen LogP contribution is 2.68. The van der Waals surface area contributed by atoms with Gasteiger partial charge in [0.05, 0.1) is 54.9 Å². The molecule has 10 nitrogen and oxygen atoms in total. The zero-order chi connectivity index (χ0) is 30.8. The van der Waals surface area contributed by atoms with Crippen molar-refractivity contribution in [3.8, 4) is 11.5 Å². The molecule has 4 amide bonds. The molecule has 43 heavy (non-hydrogen) atoms. The first-order chi connectivity index (χ1) is 20.6. The number of carbonyl (C=O) groups is 5. The summed E-state index contributed by atoms with van der Waals surface area (Å²) in [6, 6.07) is 13.3. The lowest BCUT2D eigenvalue weighted by Gasteiger charge is -2.55. The molecule has 5 aliphatic rings. The summed E-state index contributed by atoms with van der Waals surface area (Å²) in [5.41, 5.74) is 0.00837. The number of nitrogens with zero attached hydrogens (tertiary/aromatic N) is 2. The number of anilines is 2. The van der Waals surface area contributed by atoms with E-state index in [0.29, 0.717) is 41.7 Å². The Balaban J connectivity index is 1.47. The monoisotopic (exact) mass is 586 g/mol. The van der Waals surface area contributed by atoms with Gasteiger partial charge in [0.25, 0.3) is 0 Å². The summed E-state index contributed by atoms with van der Waals surface area (Å²) in [5, 5.41) is 0. The molecule has 10 heteroatoms. The Bertz CT molecular complexity index is 1470. The van der Waals surface area contributed by atoms with Gasteiger partial charge in [-0.05, 0) is 76.2 Å². The lowest BCUT2D eigenvalue weighted by Crippen LogP contribution is -2.61. The first-order valence-electron chi connectivity index (χ1n) is 14.7.